The maximum atomic E-state index is 12.1. The van der Waals surface area contributed by atoms with Crippen molar-refractivity contribution in [2.24, 2.45) is 0 Å². The topological polar surface area (TPSA) is 99.1 Å². The van der Waals surface area contributed by atoms with E-state index >= 15 is 0 Å². The van der Waals surface area contributed by atoms with Crippen molar-refractivity contribution in [2.45, 2.75) is 18.9 Å². The average molecular weight is 294 g/mol. The molecular formula is C14H18N2O5. The number of methoxy groups -OCH3 is 1. The average Bonchev–Trinajstić information content (AvgIpc) is 2.49. The van der Waals surface area contributed by atoms with Gasteiger partial charge in [-0.05, 0) is 31.0 Å². The number of carboxylic acids is 1. The lowest BCUT2D eigenvalue weighted by molar-refractivity contribution is 0.0521. The second-order valence-corrected chi connectivity index (χ2v) is 4.89. The number of carbonyl (C=O) groups excluding carboxylic acids is 1. The van der Waals surface area contributed by atoms with Gasteiger partial charge in [-0.1, -0.05) is 0 Å². The molecule has 0 bridgehead atoms. The largest absolute Gasteiger partial charge is 0.508 e. The van der Waals surface area contributed by atoms with E-state index in [0.717, 1.165) is 18.9 Å². The van der Waals surface area contributed by atoms with Crippen LogP contribution >= 0.6 is 0 Å². The highest BCUT2D eigenvalue weighted by molar-refractivity contribution is 6.00. The van der Waals surface area contributed by atoms with Crippen LogP contribution in [-0.2, 0) is 4.74 Å². The van der Waals surface area contributed by atoms with Crippen molar-refractivity contribution < 1.29 is 24.5 Å². The van der Waals surface area contributed by atoms with Gasteiger partial charge >= 0.3 is 12.0 Å². The standard InChI is InChI=1S/C14H18N2O5/c1-21-10-4-6-16(7-5-10)14(20)15-12-3-2-9(17)8-11(12)13(18)19/h2-3,8,10,17H,4-7H2,1H3,(H,15,20)(H,18,19). The van der Waals surface area contributed by atoms with E-state index in [9.17, 15) is 14.7 Å². The SMILES string of the molecule is COC1CCN(C(=O)Nc2ccc(O)cc2C(=O)O)CC1. The van der Waals surface area contributed by atoms with Gasteiger partial charge in [0.15, 0.2) is 0 Å². The molecule has 0 radical (unpaired) electrons. The zero-order valence-electron chi connectivity index (χ0n) is 11.7. The van der Waals surface area contributed by atoms with Crippen LogP contribution < -0.4 is 5.32 Å². The number of piperidine rings is 1. The Balaban J connectivity index is 2.05. The second-order valence-electron chi connectivity index (χ2n) is 4.89. The summed E-state index contributed by atoms with van der Waals surface area (Å²) in [5.74, 6) is -1.37. The minimum atomic E-state index is -1.21. The van der Waals surface area contributed by atoms with Crippen molar-refractivity contribution in [1.29, 1.82) is 0 Å². The number of phenolic OH excluding ortho intramolecular Hbond substituents is 1. The van der Waals surface area contributed by atoms with Crippen LogP contribution in [-0.4, -0.2) is 53.4 Å². The summed E-state index contributed by atoms with van der Waals surface area (Å²) >= 11 is 0. The molecule has 0 spiro atoms. The number of urea groups is 1. The van der Waals surface area contributed by atoms with Crippen LogP contribution in [0, 0.1) is 0 Å². The third kappa shape index (κ3) is 3.63. The monoisotopic (exact) mass is 294 g/mol. The number of benzene rings is 1. The third-order valence-corrected chi connectivity index (χ3v) is 3.54. The molecule has 0 saturated carbocycles. The molecule has 1 saturated heterocycles. The first-order valence-corrected chi connectivity index (χ1v) is 6.66. The molecule has 1 aliphatic heterocycles. The molecule has 7 heteroatoms. The van der Waals surface area contributed by atoms with Crippen LogP contribution in [0.4, 0.5) is 10.5 Å². The summed E-state index contributed by atoms with van der Waals surface area (Å²) in [4.78, 5) is 24.9. The van der Waals surface area contributed by atoms with E-state index in [-0.39, 0.29) is 29.1 Å². The van der Waals surface area contributed by atoms with E-state index in [0.29, 0.717) is 13.1 Å². The number of nitrogens with one attached hydrogen (secondary N) is 1. The number of nitrogens with zero attached hydrogens (tertiary/aromatic N) is 1. The summed E-state index contributed by atoms with van der Waals surface area (Å²) in [6.45, 7) is 1.12. The molecular weight excluding hydrogens is 276 g/mol. The van der Waals surface area contributed by atoms with Crippen molar-refractivity contribution in [3.05, 3.63) is 23.8 Å². The smallest absolute Gasteiger partial charge is 0.337 e. The minimum Gasteiger partial charge on any atom is -0.508 e. The molecule has 2 amide bonds. The molecule has 7 nitrogen and oxygen atoms in total. The third-order valence-electron chi connectivity index (χ3n) is 3.54. The summed E-state index contributed by atoms with van der Waals surface area (Å²) in [6, 6.07) is 3.46. The summed E-state index contributed by atoms with van der Waals surface area (Å²) in [5.41, 5.74) is 0.0225. The fraction of sp³-hybridized carbons (Fsp3) is 0.429. The fourth-order valence-electron chi connectivity index (χ4n) is 2.31. The molecule has 0 aromatic heterocycles. The summed E-state index contributed by atoms with van der Waals surface area (Å²) in [7, 11) is 1.65. The van der Waals surface area contributed by atoms with Crippen LogP contribution in [0.5, 0.6) is 5.75 Å². The van der Waals surface area contributed by atoms with Gasteiger partial charge in [0.1, 0.15) is 5.75 Å². The number of carboxylic acid groups (broad SMARTS) is 1. The van der Waals surface area contributed by atoms with Crippen LogP contribution in [0.2, 0.25) is 0 Å². The number of carbonyl (C=O) groups is 2. The molecule has 1 aromatic carbocycles. The number of aromatic hydroxyl groups is 1. The zero-order valence-corrected chi connectivity index (χ0v) is 11.7. The number of aromatic carboxylic acids is 1. The highest BCUT2D eigenvalue weighted by atomic mass is 16.5. The summed E-state index contributed by atoms with van der Waals surface area (Å²) in [5, 5.41) is 21.0. The Kier molecular flexibility index (Phi) is 4.64. The maximum Gasteiger partial charge on any atom is 0.337 e. The second kappa shape index (κ2) is 6.45. The number of ether oxygens (including phenoxy) is 1. The molecule has 0 atom stereocenters. The Hall–Kier alpha value is -2.28. The minimum absolute atomic E-state index is 0.143. The normalized spacial score (nSPS) is 15.8. The lowest BCUT2D eigenvalue weighted by atomic mass is 10.1. The summed E-state index contributed by atoms with van der Waals surface area (Å²) in [6.07, 6.45) is 1.67. The van der Waals surface area contributed by atoms with Crippen LogP contribution in [0.25, 0.3) is 0 Å². The van der Waals surface area contributed by atoms with Gasteiger partial charge in [-0.15, -0.1) is 0 Å². The van der Waals surface area contributed by atoms with E-state index in [2.05, 4.69) is 5.32 Å². The van der Waals surface area contributed by atoms with Crippen molar-refractivity contribution in [2.75, 3.05) is 25.5 Å². The highest BCUT2D eigenvalue weighted by Crippen LogP contribution is 2.22. The fourth-order valence-corrected chi connectivity index (χ4v) is 2.31. The quantitative estimate of drug-likeness (QED) is 0.737. The molecule has 0 aliphatic carbocycles. The molecule has 1 heterocycles. The van der Waals surface area contributed by atoms with E-state index in [1.54, 1.807) is 12.0 Å². The van der Waals surface area contributed by atoms with Crippen molar-refractivity contribution >= 4 is 17.7 Å². The van der Waals surface area contributed by atoms with Gasteiger partial charge in [0, 0.05) is 20.2 Å². The molecule has 1 aromatic rings. The van der Waals surface area contributed by atoms with Crippen LogP contribution in [0.3, 0.4) is 0 Å². The van der Waals surface area contributed by atoms with Gasteiger partial charge < -0.3 is 25.2 Å². The Morgan fingerprint density at radius 1 is 1.33 bits per heavy atom. The molecule has 114 valence electrons. The lowest BCUT2D eigenvalue weighted by Crippen LogP contribution is -2.43. The maximum absolute atomic E-state index is 12.1. The predicted molar refractivity (Wildman–Crippen MR) is 75.7 cm³/mol. The molecule has 3 N–H and O–H groups in total. The van der Waals surface area contributed by atoms with Gasteiger partial charge in [0.2, 0.25) is 0 Å². The van der Waals surface area contributed by atoms with Crippen LogP contribution in [0.15, 0.2) is 18.2 Å². The number of hydrogen-bond acceptors (Lipinski definition) is 4. The Labute approximate surface area is 122 Å². The van der Waals surface area contributed by atoms with E-state index in [4.69, 9.17) is 9.84 Å². The van der Waals surface area contributed by atoms with Crippen LogP contribution in [0.1, 0.15) is 23.2 Å². The molecule has 2 rings (SSSR count). The molecule has 1 aliphatic rings. The zero-order chi connectivity index (χ0) is 15.4. The predicted octanol–water partition coefficient (Wildman–Crippen LogP) is 1.73. The number of rotatable bonds is 3. The van der Waals surface area contributed by atoms with Gasteiger partial charge in [0.25, 0.3) is 0 Å². The summed E-state index contributed by atoms with van der Waals surface area (Å²) < 4.78 is 5.24. The van der Waals surface area contributed by atoms with Gasteiger partial charge in [-0.3, -0.25) is 0 Å². The number of likely N-dealkylation sites (tertiary alicyclic amines) is 1. The van der Waals surface area contributed by atoms with Gasteiger partial charge in [-0.25, -0.2) is 9.59 Å². The first-order valence-electron chi connectivity index (χ1n) is 6.66. The van der Waals surface area contributed by atoms with E-state index in [1.165, 1.54) is 12.1 Å². The molecule has 0 unspecified atom stereocenters. The first-order chi connectivity index (χ1) is 10.0. The van der Waals surface area contributed by atoms with Crippen molar-refractivity contribution in [3.8, 4) is 5.75 Å². The lowest BCUT2D eigenvalue weighted by Gasteiger charge is -2.31. The molecule has 21 heavy (non-hydrogen) atoms. The van der Waals surface area contributed by atoms with Crippen molar-refractivity contribution in [3.63, 3.8) is 0 Å². The molecule has 1 fully saturated rings. The van der Waals surface area contributed by atoms with Crippen molar-refractivity contribution in [1.82, 2.24) is 4.90 Å². The van der Waals surface area contributed by atoms with Gasteiger partial charge in [0.05, 0.1) is 17.4 Å². The van der Waals surface area contributed by atoms with E-state index in [1.807, 2.05) is 0 Å². The number of hydrogen-bond donors (Lipinski definition) is 3. The number of amides is 2. The van der Waals surface area contributed by atoms with Gasteiger partial charge in [-0.2, -0.15) is 0 Å². The first kappa shape index (κ1) is 15.1. The number of phenols is 1. The highest BCUT2D eigenvalue weighted by Gasteiger charge is 2.23. The Morgan fingerprint density at radius 2 is 2.00 bits per heavy atom. The Bertz CT molecular complexity index is 538. The number of anilines is 1. The van der Waals surface area contributed by atoms with E-state index < -0.39 is 5.97 Å². The Morgan fingerprint density at radius 3 is 2.57 bits per heavy atom.